The summed E-state index contributed by atoms with van der Waals surface area (Å²) in [6.07, 6.45) is 3.49. The Hall–Kier alpha value is -1.35. The second-order valence-electron chi connectivity index (χ2n) is 5.87. The molecule has 0 radical (unpaired) electrons. The Bertz CT molecular complexity index is 464. The van der Waals surface area contributed by atoms with E-state index in [9.17, 15) is 4.79 Å². The molecular weight excluding hydrogens is 236 g/mol. The SMILES string of the molecule is CCC1NC(c2ccc(C)cc2)N(CC2CC2)C1=O. The van der Waals surface area contributed by atoms with Crippen molar-refractivity contribution in [1.29, 1.82) is 0 Å². The summed E-state index contributed by atoms with van der Waals surface area (Å²) in [5.74, 6) is 1.01. The highest BCUT2D eigenvalue weighted by molar-refractivity contribution is 5.84. The van der Waals surface area contributed by atoms with E-state index in [4.69, 9.17) is 0 Å². The van der Waals surface area contributed by atoms with Crippen molar-refractivity contribution in [2.75, 3.05) is 6.54 Å². The quantitative estimate of drug-likeness (QED) is 0.900. The lowest BCUT2D eigenvalue weighted by Crippen LogP contribution is -2.32. The smallest absolute Gasteiger partial charge is 0.241 e. The minimum atomic E-state index is -0.00921. The fourth-order valence-corrected chi connectivity index (χ4v) is 2.77. The summed E-state index contributed by atoms with van der Waals surface area (Å²) in [7, 11) is 0. The predicted octanol–water partition coefficient (Wildman–Crippen LogP) is 2.61. The molecule has 19 heavy (non-hydrogen) atoms. The molecule has 1 aromatic rings. The van der Waals surface area contributed by atoms with Gasteiger partial charge in [-0.15, -0.1) is 0 Å². The average molecular weight is 258 g/mol. The van der Waals surface area contributed by atoms with Gasteiger partial charge in [-0.2, -0.15) is 0 Å². The summed E-state index contributed by atoms with van der Waals surface area (Å²) in [5, 5.41) is 3.49. The molecule has 0 bridgehead atoms. The van der Waals surface area contributed by atoms with Crippen LogP contribution >= 0.6 is 0 Å². The normalized spacial score (nSPS) is 27.1. The fourth-order valence-electron chi connectivity index (χ4n) is 2.77. The maximum absolute atomic E-state index is 12.4. The highest BCUT2D eigenvalue weighted by atomic mass is 16.2. The molecular formula is C16H22N2O. The van der Waals surface area contributed by atoms with Gasteiger partial charge in [0.25, 0.3) is 0 Å². The summed E-state index contributed by atoms with van der Waals surface area (Å²) in [4.78, 5) is 14.5. The number of carbonyl (C=O) groups excluding carboxylic acids is 1. The van der Waals surface area contributed by atoms with Crippen LogP contribution in [-0.2, 0) is 4.79 Å². The van der Waals surface area contributed by atoms with E-state index in [0.717, 1.165) is 18.9 Å². The molecule has 3 nitrogen and oxygen atoms in total. The van der Waals surface area contributed by atoms with Gasteiger partial charge >= 0.3 is 0 Å². The zero-order chi connectivity index (χ0) is 13.4. The monoisotopic (exact) mass is 258 g/mol. The number of benzene rings is 1. The number of rotatable bonds is 4. The van der Waals surface area contributed by atoms with Crippen molar-refractivity contribution in [2.45, 2.75) is 45.3 Å². The molecule has 1 heterocycles. The summed E-state index contributed by atoms with van der Waals surface area (Å²) >= 11 is 0. The molecule has 1 aliphatic carbocycles. The van der Waals surface area contributed by atoms with E-state index < -0.39 is 0 Å². The second kappa shape index (κ2) is 4.97. The number of aryl methyl sites for hydroxylation is 1. The van der Waals surface area contributed by atoms with Crippen LogP contribution in [0.2, 0.25) is 0 Å². The molecule has 2 atom stereocenters. The molecule has 1 saturated heterocycles. The van der Waals surface area contributed by atoms with Crippen LogP contribution in [0, 0.1) is 12.8 Å². The van der Waals surface area contributed by atoms with Crippen LogP contribution in [0.4, 0.5) is 0 Å². The Morgan fingerprint density at radius 3 is 2.53 bits per heavy atom. The Balaban J connectivity index is 1.84. The molecule has 3 heteroatoms. The lowest BCUT2D eigenvalue weighted by molar-refractivity contribution is -0.130. The number of nitrogens with one attached hydrogen (secondary N) is 1. The van der Waals surface area contributed by atoms with Crippen molar-refractivity contribution in [1.82, 2.24) is 10.2 Å². The molecule has 102 valence electrons. The molecule has 1 amide bonds. The third kappa shape index (κ3) is 2.52. The maximum atomic E-state index is 12.4. The predicted molar refractivity (Wildman–Crippen MR) is 75.6 cm³/mol. The molecule has 1 saturated carbocycles. The third-order valence-corrected chi connectivity index (χ3v) is 4.21. The van der Waals surface area contributed by atoms with Crippen LogP contribution < -0.4 is 5.32 Å². The number of nitrogens with zero attached hydrogens (tertiary/aromatic N) is 1. The summed E-state index contributed by atoms with van der Waals surface area (Å²) < 4.78 is 0. The molecule has 0 spiro atoms. The molecule has 3 rings (SSSR count). The minimum absolute atomic E-state index is 0.00921. The molecule has 2 aliphatic rings. The topological polar surface area (TPSA) is 32.3 Å². The van der Waals surface area contributed by atoms with Crippen molar-refractivity contribution >= 4 is 5.91 Å². The van der Waals surface area contributed by atoms with Crippen LogP contribution in [0.25, 0.3) is 0 Å². The van der Waals surface area contributed by atoms with Crippen molar-refractivity contribution in [2.24, 2.45) is 5.92 Å². The van der Waals surface area contributed by atoms with Gasteiger partial charge in [0.2, 0.25) is 5.91 Å². The Morgan fingerprint density at radius 1 is 1.26 bits per heavy atom. The van der Waals surface area contributed by atoms with Gasteiger partial charge in [-0.05, 0) is 37.7 Å². The van der Waals surface area contributed by atoms with E-state index in [-0.39, 0.29) is 18.1 Å². The van der Waals surface area contributed by atoms with Gasteiger partial charge in [0, 0.05) is 6.54 Å². The van der Waals surface area contributed by atoms with Crippen LogP contribution in [0.15, 0.2) is 24.3 Å². The molecule has 2 fully saturated rings. The number of carbonyl (C=O) groups is 1. The highest BCUT2D eigenvalue weighted by Gasteiger charge is 2.40. The Labute approximate surface area is 115 Å². The first-order valence-electron chi connectivity index (χ1n) is 7.32. The van der Waals surface area contributed by atoms with Crippen molar-refractivity contribution < 1.29 is 4.79 Å². The molecule has 1 aliphatic heterocycles. The Kier molecular flexibility index (Phi) is 3.31. The zero-order valence-electron chi connectivity index (χ0n) is 11.7. The number of hydrogen-bond acceptors (Lipinski definition) is 2. The first kappa shape index (κ1) is 12.7. The maximum Gasteiger partial charge on any atom is 0.241 e. The van der Waals surface area contributed by atoms with E-state index in [1.54, 1.807) is 0 Å². The van der Waals surface area contributed by atoms with Crippen molar-refractivity contribution in [3.05, 3.63) is 35.4 Å². The standard InChI is InChI=1S/C16H22N2O/c1-3-14-16(19)18(10-12-6-7-12)15(17-14)13-8-4-11(2)5-9-13/h4-5,8-9,12,14-15,17H,3,6-7,10H2,1-2H3. The van der Waals surface area contributed by atoms with E-state index >= 15 is 0 Å². The van der Waals surface area contributed by atoms with Gasteiger partial charge in [-0.1, -0.05) is 36.8 Å². The highest BCUT2D eigenvalue weighted by Crippen LogP contribution is 2.35. The van der Waals surface area contributed by atoms with Gasteiger partial charge in [0.15, 0.2) is 0 Å². The van der Waals surface area contributed by atoms with Crippen LogP contribution in [0.1, 0.15) is 43.5 Å². The largest absolute Gasteiger partial charge is 0.321 e. The van der Waals surface area contributed by atoms with Gasteiger partial charge in [0.1, 0.15) is 6.17 Å². The third-order valence-electron chi connectivity index (χ3n) is 4.21. The zero-order valence-corrected chi connectivity index (χ0v) is 11.7. The number of amides is 1. The van der Waals surface area contributed by atoms with Gasteiger partial charge in [-0.3, -0.25) is 10.1 Å². The number of hydrogen-bond donors (Lipinski definition) is 1. The molecule has 1 aromatic carbocycles. The van der Waals surface area contributed by atoms with Crippen molar-refractivity contribution in [3.63, 3.8) is 0 Å². The van der Waals surface area contributed by atoms with Crippen molar-refractivity contribution in [3.8, 4) is 0 Å². The van der Waals surface area contributed by atoms with Crippen LogP contribution in [0.5, 0.6) is 0 Å². The van der Waals surface area contributed by atoms with E-state index in [2.05, 4.69) is 48.3 Å². The molecule has 1 N–H and O–H groups in total. The first-order valence-corrected chi connectivity index (χ1v) is 7.32. The average Bonchev–Trinajstić information content (AvgIpc) is 3.17. The van der Waals surface area contributed by atoms with E-state index in [0.29, 0.717) is 0 Å². The van der Waals surface area contributed by atoms with Gasteiger partial charge in [0.05, 0.1) is 6.04 Å². The molecule has 2 unspecified atom stereocenters. The summed E-state index contributed by atoms with van der Waals surface area (Å²) in [6.45, 7) is 5.08. The summed E-state index contributed by atoms with van der Waals surface area (Å²) in [5.41, 5.74) is 2.46. The lowest BCUT2D eigenvalue weighted by Gasteiger charge is -2.24. The summed E-state index contributed by atoms with van der Waals surface area (Å²) in [6, 6.07) is 8.51. The van der Waals surface area contributed by atoms with Gasteiger partial charge in [-0.25, -0.2) is 0 Å². The van der Waals surface area contributed by atoms with E-state index in [1.807, 2.05) is 0 Å². The Morgan fingerprint density at radius 2 is 1.95 bits per heavy atom. The first-order chi connectivity index (χ1) is 9.19. The second-order valence-corrected chi connectivity index (χ2v) is 5.87. The molecule has 0 aromatic heterocycles. The van der Waals surface area contributed by atoms with Crippen LogP contribution in [0.3, 0.4) is 0 Å². The van der Waals surface area contributed by atoms with E-state index in [1.165, 1.54) is 24.0 Å². The fraction of sp³-hybridized carbons (Fsp3) is 0.562. The van der Waals surface area contributed by atoms with Gasteiger partial charge < -0.3 is 4.90 Å². The lowest BCUT2D eigenvalue weighted by atomic mass is 10.1. The van der Waals surface area contributed by atoms with Crippen LogP contribution in [-0.4, -0.2) is 23.4 Å². The minimum Gasteiger partial charge on any atom is -0.321 e.